The highest BCUT2D eigenvalue weighted by atomic mass is 19.1. The van der Waals surface area contributed by atoms with Gasteiger partial charge in [-0.25, -0.2) is 23.4 Å². The molecule has 8 heteroatoms. The molecule has 0 bridgehead atoms. The molecule has 0 fully saturated rings. The van der Waals surface area contributed by atoms with Crippen LogP contribution in [-0.4, -0.2) is 25.7 Å². The van der Waals surface area contributed by atoms with Crippen molar-refractivity contribution in [2.75, 3.05) is 5.32 Å². The van der Waals surface area contributed by atoms with Crippen LogP contribution in [0.15, 0.2) is 30.6 Å². The zero-order chi connectivity index (χ0) is 18.1. The van der Waals surface area contributed by atoms with Crippen LogP contribution in [0.25, 0.3) is 5.95 Å². The molecule has 0 unspecified atom stereocenters. The van der Waals surface area contributed by atoms with Crippen LogP contribution in [-0.2, 0) is 0 Å². The Hall–Kier alpha value is -3.16. The van der Waals surface area contributed by atoms with Crippen molar-refractivity contribution in [2.24, 2.45) is 0 Å². The Morgan fingerprint density at radius 2 is 1.68 bits per heavy atom. The van der Waals surface area contributed by atoms with Crippen LogP contribution in [0.5, 0.6) is 0 Å². The molecule has 1 amide bonds. The lowest BCUT2D eigenvalue weighted by Crippen LogP contribution is -2.16. The summed E-state index contributed by atoms with van der Waals surface area (Å²) in [6.07, 6.45) is 2.70. The second kappa shape index (κ2) is 6.39. The molecule has 0 aliphatic carbocycles. The summed E-state index contributed by atoms with van der Waals surface area (Å²) in [5, 5.41) is 6.72. The van der Waals surface area contributed by atoms with E-state index in [9.17, 15) is 13.6 Å². The molecule has 3 rings (SSSR count). The van der Waals surface area contributed by atoms with Gasteiger partial charge >= 0.3 is 0 Å². The molecule has 3 aromatic rings. The third-order valence-electron chi connectivity index (χ3n) is 3.93. The minimum Gasteiger partial charge on any atom is -0.319 e. The molecule has 0 radical (unpaired) electrons. The molecule has 2 aromatic heterocycles. The monoisotopic (exact) mass is 343 g/mol. The van der Waals surface area contributed by atoms with E-state index in [1.165, 1.54) is 18.5 Å². The summed E-state index contributed by atoms with van der Waals surface area (Å²) in [5.41, 5.74) is 2.38. The van der Waals surface area contributed by atoms with Crippen molar-refractivity contribution in [1.29, 1.82) is 0 Å². The number of aryl methyl sites for hydroxylation is 1. The van der Waals surface area contributed by atoms with Crippen molar-refractivity contribution >= 4 is 11.6 Å². The number of nitrogens with one attached hydrogen (secondary N) is 1. The number of carbonyl (C=O) groups excluding carboxylic acids is 1. The second-order valence-corrected chi connectivity index (χ2v) is 5.53. The quantitative estimate of drug-likeness (QED) is 0.793. The minimum atomic E-state index is -0.937. The Morgan fingerprint density at radius 1 is 1.08 bits per heavy atom. The second-order valence-electron chi connectivity index (χ2n) is 5.53. The fourth-order valence-electron chi connectivity index (χ4n) is 2.32. The van der Waals surface area contributed by atoms with Gasteiger partial charge in [-0.05, 0) is 38.5 Å². The Balaban J connectivity index is 1.83. The Labute approximate surface area is 142 Å². The number of rotatable bonds is 3. The third-order valence-corrected chi connectivity index (χ3v) is 3.93. The Kier molecular flexibility index (Phi) is 4.26. The molecule has 0 atom stereocenters. The van der Waals surface area contributed by atoms with E-state index in [0.29, 0.717) is 5.95 Å². The summed E-state index contributed by atoms with van der Waals surface area (Å²) in [7, 11) is 0. The van der Waals surface area contributed by atoms with Crippen molar-refractivity contribution in [3.63, 3.8) is 0 Å². The largest absolute Gasteiger partial charge is 0.319 e. The summed E-state index contributed by atoms with van der Waals surface area (Å²) in [5.74, 6) is -2.45. The number of carbonyl (C=O) groups is 1. The molecule has 0 aliphatic heterocycles. The van der Waals surface area contributed by atoms with E-state index < -0.39 is 23.1 Å². The predicted molar refractivity (Wildman–Crippen MR) is 87.7 cm³/mol. The van der Waals surface area contributed by atoms with Crippen LogP contribution < -0.4 is 5.32 Å². The number of halogens is 2. The van der Waals surface area contributed by atoms with Crippen molar-refractivity contribution in [1.82, 2.24) is 19.7 Å². The molecule has 128 valence electrons. The maximum absolute atomic E-state index is 13.6. The first kappa shape index (κ1) is 16.7. The van der Waals surface area contributed by atoms with Crippen molar-refractivity contribution in [3.05, 3.63) is 64.7 Å². The number of benzene rings is 1. The molecular weight excluding hydrogens is 328 g/mol. The van der Waals surface area contributed by atoms with Gasteiger partial charge in [0.15, 0.2) is 0 Å². The van der Waals surface area contributed by atoms with Gasteiger partial charge in [0.2, 0.25) is 0 Å². The van der Waals surface area contributed by atoms with Gasteiger partial charge in [0.05, 0.1) is 23.8 Å². The number of amides is 1. The molecule has 25 heavy (non-hydrogen) atoms. The maximum atomic E-state index is 13.6. The van der Waals surface area contributed by atoms with Crippen LogP contribution in [0.2, 0.25) is 0 Å². The van der Waals surface area contributed by atoms with Gasteiger partial charge in [0, 0.05) is 5.69 Å². The molecule has 1 aromatic carbocycles. The van der Waals surface area contributed by atoms with Gasteiger partial charge in [0.1, 0.15) is 17.2 Å². The molecule has 0 saturated heterocycles. The number of hydrogen-bond donors (Lipinski definition) is 1. The topological polar surface area (TPSA) is 72.7 Å². The van der Waals surface area contributed by atoms with Gasteiger partial charge < -0.3 is 5.32 Å². The summed E-state index contributed by atoms with van der Waals surface area (Å²) < 4.78 is 28.8. The van der Waals surface area contributed by atoms with Gasteiger partial charge in [-0.15, -0.1) is 0 Å². The minimum absolute atomic E-state index is 0.217. The third kappa shape index (κ3) is 3.10. The van der Waals surface area contributed by atoms with Crippen LogP contribution in [0.3, 0.4) is 0 Å². The van der Waals surface area contributed by atoms with Crippen LogP contribution in [0.1, 0.15) is 27.3 Å². The van der Waals surface area contributed by atoms with Gasteiger partial charge in [-0.3, -0.25) is 4.79 Å². The zero-order valence-electron chi connectivity index (χ0n) is 13.8. The van der Waals surface area contributed by atoms with Crippen molar-refractivity contribution in [2.45, 2.75) is 20.8 Å². The normalized spacial score (nSPS) is 10.8. The molecule has 2 heterocycles. The number of aromatic nitrogens is 4. The van der Waals surface area contributed by atoms with E-state index >= 15 is 0 Å². The number of anilines is 1. The van der Waals surface area contributed by atoms with E-state index in [2.05, 4.69) is 20.4 Å². The molecule has 0 spiro atoms. The lowest BCUT2D eigenvalue weighted by molar-refractivity contribution is 0.101. The van der Waals surface area contributed by atoms with E-state index in [1.54, 1.807) is 4.68 Å². The van der Waals surface area contributed by atoms with E-state index in [0.717, 1.165) is 29.1 Å². The van der Waals surface area contributed by atoms with E-state index in [1.807, 2.05) is 20.8 Å². The molecular formula is C17H15F2N5O. The highest BCUT2D eigenvalue weighted by Crippen LogP contribution is 2.17. The summed E-state index contributed by atoms with van der Waals surface area (Å²) in [6.45, 7) is 5.73. The van der Waals surface area contributed by atoms with Crippen molar-refractivity contribution in [3.8, 4) is 5.95 Å². The van der Waals surface area contributed by atoms with Gasteiger partial charge in [-0.1, -0.05) is 6.07 Å². The molecule has 6 nitrogen and oxygen atoms in total. The van der Waals surface area contributed by atoms with Crippen LogP contribution in [0, 0.1) is 32.4 Å². The van der Waals surface area contributed by atoms with Gasteiger partial charge in [-0.2, -0.15) is 5.10 Å². The van der Waals surface area contributed by atoms with Crippen LogP contribution in [0.4, 0.5) is 14.5 Å². The standard InChI is InChI=1S/C17H15F2N5O/c1-9-10(2)23-24(11(9)3)17-20-7-12(8-21-17)22-16(25)15-13(18)5-4-6-14(15)19/h4-8H,1-3H3,(H,22,25). The Morgan fingerprint density at radius 3 is 2.20 bits per heavy atom. The molecule has 0 saturated carbocycles. The predicted octanol–water partition coefficient (Wildman–Crippen LogP) is 3.12. The first-order chi connectivity index (χ1) is 11.9. The average molecular weight is 343 g/mol. The summed E-state index contributed by atoms with van der Waals surface area (Å²) in [6, 6.07) is 3.22. The zero-order valence-corrected chi connectivity index (χ0v) is 13.8. The lowest BCUT2D eigenvalue weighted by Gasteiger charge is -2.07. The first-order valence-electron chi connectivity index (χ1n) is 7.49. The Bertz CT molecular complexity index is 930. The SMILES string of the molecule is Cc1nn(-c2ncc(NC(=O)c3c(F)cccc3F)cn2)c(C)c1C. The van der Waals surface area contributed by atoms with Crippen molar-refractivity contribution < 1.29 is 13.6 Å². The summed E-state index contributed by atoms with van der Waals surface area (Å²) in [4.78, 5) is 20.3. The van der Waals surface area contributed by atoms with Crippen LogP contribution >= 0.6 is 0 Å². The fourth-order valence-corrected chi connectivity index (χ4v) is 2.32. The number of hydrogen-bond acceptors (Lipinski definition) is 4. The first-order valence-corrected chi connectivity index (χ1v) is 7.49. The average Bonchev–Trinajstić information content (AvgIpc) is 2.83. The fraction of sp³-hybridized carbons (Fsp3) is 0.176. The highest BCUT2D eigenvalue weighted by molar-refractivity contribution is 6.04. The lowest BCUT2D eigenvalue weighted by atomic mass is 10.2. The smallest absolute Gasteiger partial charge is 0.261 e. The van der Waals surface area contributed by atoms with Gasteiger partial charge in [0.25, 0.3) is 11.9 Å². The summed E-state index contributed by atoms with van der Waals surface area (Å²) >= 11 is 0. The molecule has 0 aliphatic rings. The number of nitrogens with zero attached hydrogens (tertiary/aromatic N) is 4. The van der Waals surface area contributed by atoms with E-state index in [4.69, 9.17) is 0 Å². The molecule has 1 N–H and O–H groups in total. The maximum Gasteiger partial charge on any atom is 0.261 e. The highest BCUT2D eigenvalue weighted by Gasteiger charge is 2.17. The van der Waals surface area contributed by atoms with E-state index in [-0.39, 0.29) is 5.69 Å².